The first-order chi connectivity index (χ1) is 20.0. The van der Waals surface area contributed by atoms with Gasteiger partial charge in [-0.15, -0.1) is 0 Å². The van der Waals surface area contributed by atoms with Gasteiger partial charge in [0.1, 0.15) is 74.5 Å². The number of aromatic hydroxyl groups is 7. The number of benzene rings is 4. The van der Waals surface area contributed by atoms with E-state index < -0.39 is 62.6 Å². The molecule has 4 aromatic carbocycles. The number of hydrogen-bond donors (Lipinski definition) is 7. The number of ketones is 1. The Balaban J connectivity index is 1.59. The number of carbonyl (C=O) groups excluding carboxylic acids is 1. The van der Waals surface area contributed by atoms with Crippen LogP contribution in [0.25, 0.3) is 22.1 Å². The lowest BCUT2D eigenvalue weighted by molar-refractivity contribution is -0.0236. The van der Waals surface area contributed by atoms with E-state index in [1.807, 2.05) is 0 Å². The molecule has 0 spiro atoms. The lowest BCUT2D eigenvalue weighted by atomic mass is 9.67. The number of Topliss-reactive ketones (excluding diaryl/α,β-unsaturated/α-hetero) is 1. The van der Waals surface area contributed by atoms with Gasteiger partial charge in [-0.25, -0.2) is 0 Å². The maximum atomic E-state index is 14.5. The van der Waals surface area contributed by atoms with Crippen LogP contribution in [0.3, 0.4) is 0 Å². The van der Waals surface area contributed by atoms with Gasteiger partial charge in [-0.3, -0.25) is 9.59 Å². The van der Waals surface area contributed by atoms with E-state index in [0.29, 0.717) is 0 Å². The molecule has 0 fully saturated rings. The van der Waals surface area contributed by atoms with Crippen LogP contribution in [-0.2, 0) is 5.41 Å². The van der Waals surface area contributed by atoms with Crippen molar-refractivity contribution in [1.29, 1.82) is 0 Å². The average Bonchev–Trinajstić information content (AvgIpc) is 3.22. The first-order valence-corrected chi connectivity index (χ1v) is 12.3. The van der Waals surface area contributed by atoms with Crippen LogP contribution in [0.1, 0.15) is 21.5 Å². The van der Waals surface area contributed by atoms with Gasteiger partial charge >= 0.3 is 0 Å². The van der Waals surface area contributed by atoms with Crippen LogP contribution in [0.4, 0.5) is 0 Å². The zero-order valence-electron chi connectivity index (χ0n) is 21.0. The van der Waals surface area contributed by atoms with Crippen LogP contribution in [0.5, 0.6) is 51.7 Å². The number of ether oxygens (including phenoxy) is 2. The molecule has 2 aliphatic rings. The molecule has 0 aliphatic carbocycles. The van der Waals surface area contributed by atoms with Gasteiger partial charge in [0.25, 0.3) is 6.29 Å². The van der Waals surface area contributed by atoms with Gasteiger partial charge in [0, 0.05) is 41.5 Å². The number of phenolic OH excluding ortho intramolecular Hbond substituents is 7. The summed E-state index contributed by atoms with van der Waals surface area (Å²) in [6.07, 6.45) is -0.657. The highest BCUT2D eigenvalue weighted by Gasteiger charge is 2.64. The molecule has 7 rings (SSSR count). The highest BCUT2D eigenvalue weighted by molar-refractivity contribution is 6.14. The van der Waals surface area contributed by atoms with Crippen LogP contribution in [0, 0.1) is 0 Å². The number of carbonyl (C=O) groups is 1. The average molecular weight is 570 g/mol. The lowest BCUT2D eigenvalue weighted by Gasteiger charge is -2.38. The molecule has 12 heteroatoms. The minimum atomic E-state index is -2.17. The van der Waals surface area contributed by atoms with Gasteiger partial charge < -0.3 is 49.6 Å². The smallest absolute Gasteiger partial charge is 0.262 e. The van der Waals surface area contributed by atoms with Crippen LogP contribution >= 0.6 is 0 Å². The van der Waals surface area contributed by atoms with Crippen molar-refractivity contribution in [2.45, 2.75) is 11.7 Å². The van der Waals surface area contributed by atoms with E-state index in [0.717, 1.165) is 30.5 Å². The van der Waals surface area contributed by atoms with Crippen LogP contribution in [-0.4, -0.2) is 47.8 Å². The molecule has 0 saturated heterocycles. The Hall–Kier alpha value is -6.04. The quantitative estimate of drug-likeness (QED) is 0.162. The van der Waals surface area contributed by atoms with Crippen LogP contribution in [0.2, 0.25) is 0 Å². The van der Waals surface area contributed by atoms with Crippen molar-refractivity contribution < 1.29 is 54.4 Å². The number of fused-ring (bicyclic) bond motifs is 5. The number of phenols is 7. The van der Waals surface area contributed by atoms with Gasteiger partial charge in [0.05, 0.1) is 11.1 Å². The molecule has 42 heavy (non-hydrogen) atoms. The van der Waals surface area contributed by atoms with Crippen molar-refractivity contribution in [2.24, 2.45) is 0 Å². The molecular weight excluding hydrogens is 552 g/mol. The van der Waals surface area contributed by atoms with E-state index in [4.69, 9.17) is 13.9 Å². The van der Waals surface area contributed by atoms with Gasteiger partial charge in [0.2, 0.25) is 5.43 Å². The SMILES string of the molecule is O=C1c2c(O)cc(O)cc2O[C@@H]2Oc3cc(O)ccc3[C@@]12c1c(O)cc(O)c2c(=O)c(-c3ccc(O)cc3O)coc12. The van der Waals surface area contributed by atoms with Crippen molar-refractivity contribution in [1.82, 2.24) is 0 Å². The van der Waals surface area contributed by atoms with Crippen molar-refractivity contribution in [3.63, 3.8) is 0 Å². The van der Waals surface area contributed by atoms with Crippen molar-refractivity contribution in [3.8, 4) is 62.9 Å². The van der Waals surface area contributed by atoms with Gasteiger partial charge in [-0.2, -0.15) is 0 Å². The molecule has 0 bridgehead atoms. The summed E-state index contributed by atoms with van der Waals surface area (Å²) in [5.74, 6) is -4.54. The summed E-state index contributed by atoms with van der Waals surface area (Å²) < 4.78 is 17.7. The fraction of sp³-hybridized carbons (Fsp3) is 0.0667. The predicted molar refractivity (Wildman–Crippen MR) is 143 cm³/mol. The van der Waals surface area contributed by atoms with E-state index in [2.05, 4.69) is 0 Å². The normalized spacial score (nSPS) is 18.6. The first-order valence-electron chi connectivity index (χ1n) is 12.3. The third-order valence-electron chi connectivity index (χ3n) is 7.53. The summed E-state index contributed by atoms with van der Waals surface area (Å²) in [6.45, 7) is 0. The van der Waals surface area contributed by atoms with E-state index in [-0.39, 0.29) is 50.8 Å². The minimum Gasteiger partial charge on any atom is -0.508 e. The molecule has 3 heterocycles. The van der Waals surface area contributed by atoms with E-state index in [1.165, 1.54) is 30.3 Å². The highest BCUT2D eigenvalue weighted by Crippen LogP contribution is 2.59. The molecule has 210 valence electrons. The van der Waals surface area contributed by atoms with Crippen molar-refractivity contribution in [2.75, 3.05) is 0 Å². The lowest BCUT2D eigenvalue weighted by Crippen LogP contribution is -2.52. The number of rotatable bonds is 2. The molecule has 0 radical (unpaired) electrons. The third-order valence-corrected chi connectivity index (χ3v) is 7.53. The molecule has 5 aromatic rings. The van der Waals surface area contributed by atoms with Crippen LogP contribution < -0.4 is 14.9 Å². The topological polar surface area (TPSA) is 207 Å². The zero-order chi connectivity index (χ0) is 29.7. The Morgan fingerprint density at radius 1 is 0.643 bits per heavy atom. The maximum absolute atomic E-state index is 14.5. The first kappa shape index (κ1) is 25.0. The van der Waals surface area contributed by atoms with Gasteiger partial charge in [0.15, 0.2) is 11.2 Å². The second-order valence-electron chi connectivity index (χ2n) is 9.90. The Kier molecular flexibility index (Phi) is 4.90. The summed E-state index contributed by atoms with van der Waals surface area (Å²) in [5.41, 5.74) is -4.36. The summed E-state index contributed by atoms with van der Waals surface area (Å²) in [7, 11) is 0. The predicted octanol–water partition coefficient (Wildman–Crippen LogP) is 3.68. The Morgan fingerprint density at radius 3 is 2.07 bits per heavy atom. The summed E-state index contributed by atoms with van der Waals surface area (Å²) in [6, 6.07) is 10.1. The molecule has 2 atom stereocenters. The standard InChI is InChI=1S/C30H18O12/c31-11-1-3-14(17(34)5-11)15-10-40-27-24(26(15)38)19(36)9-20(37)25(27)30-16-4-2-12(32)7-21(16)41-29(30)42-22-8-13(33)6-18(35)23(22)28(30)39/h1-10,29,31-37H/t29-,30+/m0/s1. The van der Waals surface area contributed by atoms with E-state index in [1.54, 1.807) is 0 Å². The Labute approximate surface area is 233 Å². The maximum Gasteiger partial charge on any atom is 0.262 e. The Morgan fingerprint density at radius 2 is 1.31 bits per heavy atom. The molecule has 0 amide bonds. The van der Waals surface area contributed by atoms with E-state index >= 15 is 0 Å². The minimum absolute atomic E-state index is 0.0292. The van der Waals surface area contributed by atoms with Crippen molar-refractivity contribution in [3.05, 3.63) is 87.8 Å². The molecule has 2 aliphatic heterocycles. The number of hydrogen-bond acceptors (Lipinski definition) is 12. The molecular formula is C30H18O12. The second kappa shape index (κ2) is 8.24. The summed E-state index contributed by atoms with van der Waals surface area (Å²) in [5, 5.41) is 72.5. The largest absolute Gasteiger partial charge is 0.508 e. The fourth-order valence-electron chi connectivity index (χ4n) is 5.78. The van der Waals surface area contributed by atoms with Gasteiger partial charge in [-0.1, -0.05) is 0 Å². The molecule has 12 nitrogen and oxygen atoms in total. The van der Waals surface area contributed by atoms with E-state index in [9.17, 15) is 45.3 Å². The van der Waals surface area contributed by atoms with Crippen LogP contribution in [0.15, 0.2) is 70.1 Å². The fourth-order valence-corrected chi connectivity index (χ4v) is 5.78. The molecule has 7 N–H and O–H groups in total. The zero-order valence-corrected chi connectivity index (χ0v) is 21.0. The second-order valence-corrected chi connectivity index (χ2v) is 9.90. The highest BCUT2D eigenvalue weighted by atomic mass is 16.7. The Bertz CT molecular complexity index is 2080. The van der Waals surface area contributed by atoms with Gasteiger partial charge in [-0.05, 0) is 24.3 Å². The summed E-state index contributed by atoms with van der Waals surface area (Å²) in [4.78, 5) is 28.3. The molecule has 0 unspecified atom stereocenters. The third kappa shape index (κ3) is 3.11. The van der Waals surface area contributed by atoms with Crippen molar-refractivity contribution >= 4 is 16.8 Å². The molecule has 0 saturated carbocycles. The monoisotopic (exact) mass is 570 g/mol. The summed E-state index contributed by atoms with van der Waals surface area (Å²) >= 11 is 0. The molecule has 1 aromatic heterocycles.